The van der Waals surface area contributed by atoms with Crippen molar-refractivity contribution in [3.8, 4) is 0 Å². The number of aliphatic hydroxyl groups is 1. The van der Waals surface area contributed by atoms with E-state index in [1.807, 2.05) is 12.1 Å². The van der Waals surface area contributed by atoms with E-state index in [-0.39, 0.29) is 23.9 Å². The van der Waals surface area contributed by atoms with Gasteiger partial charge in [-0.05, 0) is 37.8 Å². The molecule has 1 aliphatic rings. The third-order valence-electron chi connectivity index (χ3n) is 4.06. The van der Waals surface area contributed by atoms with E-state index in [1.54, 1.807) is 6.07 Å². The summed E-state index contributed by atoms with van der Waals surface area (Å²) in [7, 11) is 0. The highest BCUT2D eigenvalue weighted by Crippen LogP contribution is 2.39. The maximum atomic E-state index is 13.5. The van der Waals surface area contributed by atoms with E-state index in [4.69, 9.17) is 0 Å². The van der Waals surface area contributed by atoms with Gasteiger partial charge in [-0.2, -0.15) is 0 Å². The molecule has 2 rings (SSSR count). The smallest absolute Gasteiger partial charge is 0.126 e. The van der Waals surface area contributed by atoms with Crippen molar-refractivity contribution in [2.24, 2.45) is 5.41 Å². The van der Waals surface area contributed by atoms with Gasteiger partial charge in [-0.1, -0.05) is 24.6 Å². The average Bonchev–Trinajstić information content (AvgIpc) is 2.31. The summed E-state index contributed by atoms with van der Waals surface area (Å²) in [6.45, 7) is 3.15. The number of aliphatic hydroxyl groups excluding tert-OH is 1. The molecule has 1 aliphatic carbocycles. The Morgan fingerprint density at radius 3 is 2.67 bits per heavy atom. The molecule has 0 heterocycles. The highest BCUT2D eigenvalue weighted by atomic mass is 19.1. The zero-order chi connectivity index (χ0) is 13.0. The number of hydrogen-bond acceptors (Lipinski definition) is 2. The molecule has 3 heteroatoms. The summed E-state index contributed by atoms with van der Waals surface area (Å²) in [6.07, 6.45) is 4.10. The van der Waals surface area contributed by atoms with Crippen molar-refractivity contribution in [3.63, 3.8) is 0 Å². The standard InChI is InChI=1S/C15H22FNO/c1-12(9-13-5-2-3-6-14(13)16)17-10-15(11-18)7-4-8-15/h2-3,5-6,12,17-18H,4,7-11H2,1H3/t12-/m1/s1. The van der Waals surface area contributed by atoms with Crippen molar-refractivity contribution in [1.29, 1.82) is 0 Å². The number of halogens is 1. The van der Waals surface area contributed by atoms with Gasteiger partial charge in [0.15, 0.2) is 0 Å². The molecule has 0 aromatic heterocycles. The molecular formula is C15H22FNO. The molecule has 1 aromatic carbocycles. The third-order valence-corrected chi connectivity index (χ3v) is 4.06. The fourth-order valence-corrected chi connectivity index (χ4v) is 2.52. The summed E-state index contributed by atoms with van der Waals surface area (Å²) >= 11 is 0. The van der Waals surface area contributed by atoms with E-state index in [1.165, 1.54) is 12.5 Å². The molecular weight excluding hydrogens is 229 g/mol. The first kappa shape index (κ1) is 13.5. The van der Waals surface area contributed by atoms with E-state index in [0.717, 1.165) is 24.9 Å². The van der Waals surface area contributed by atoms with E-state index >= 15 is 0 Å². The molecule has 1 fully saturated rings. The van der Waals surface area contributed by atoms with Gasteiger partial charge in [-0.3, -0.25) is 0 Å². The molecule has 0 bridgehead atoms. The van der Waals surface area contributed by atoms with Crippen LogP contribution in [0.3, 0.4) is 0 Å². The lowest BCUT2D eigenvalue weighted by molar-refractivity contribution is 0.0425. The largest absolute Gasteiger partial charge is 0.396 e. The summed E-state index contributed by atoms with van der Waals surface area (Å²) in [5.74, 6) is -0.133. The molecule has 0 radical (unpaired) electrons. The molecule has 2 N–H and O–H groups in total. The second-order valence-corrected chi connectivity index (χ2v) is 5.59. The topological polar surface area (TPSA) is 32.3 Å². The van der Waals surface area contributed by atoms with Gasteiger partial charge in [-0.25, -0.2) is 4.39 Å². The number of rotatable bonds is 6. The third kappa shape index (κ3) is 3.09. The summed E-state index contributed by atoms with van der Waals surface area (Å²) in [6, 6.07) is 7.14. The quantitative estimate of drug-likeness (QED) is 0.814. The Morgan fingerprint density at radius 2 is 2.11 bits per heavy atom. The van der Waals surface area contributed by atoms with Crippen LogP contribution in [0.25, 0.3) is 0 Å². The van der Waals surface area contributed by atoms with Crippen molar-refractivity contribution in [1.82, 2.24) is 5.32 Å². The maximum absolute atomic E-state index is 13.5. The lowest BCUT2D eigenvalue weighted by Crippen LogP contribution is -2.45. The van der Waals surface area contributed by atoms with Gasteiger partial charge in [-0.15, -0.1) is 0 Å². The molecule has 0 spiro atoms. The molecule has 18 heavy (non-hydrogen) atoms. The number of benzene rings is 1. The number of nitrogens with one attached hydrogen (secondary N) is 1. The Balaban J connectivity index is 1.82. The molecule has 0 unspecified atom stereocenters. The molecule has 2 nitrogen and oxygen atoms in total. The summed E-state index contributed by atoms with van der Waals surface area (Å²) < 4.78 is 13.5. The minimum absolute atomic E-state index is 0.0868. The van der Waals surface area contributed by atoms with Gasteiger partial charge in [0.05, 0.1) is 0 Å². The van der Waals surface area contributed by atoms with Crippen LogP contribution in [-0.4, -0.2) is 24.3 Å². The van der Waals surface area contributed by atoms with E-state index < -0.39 is 0 Å². The molecule has 1 saturated carbocycles. The van der Waals surface area contributed by atoms with Gasteiger partial charge in [0.2, 0.25) is 0 Å². The highest BCUT2D eigenvalue weighted by Gasteiger charge is 2.36. The maximum Gasteiger partial charge on any atom is 0.126 e. The van der Waals surface area contributed by atoms with Crippen LogP contribution in [0.5, 0.6) is 0 Å². The van der Waals surface area contributed by atoms with Crippen LogP contribution in [0.4, 0.5) is 4.39 Å². The first-order valence-electron chi connectivity index (χ1n) is 6.73. The molecule has 1 atom stereocenters. The van der Waals surface area contributed by atoms with Gasteiger partial charge in [0.25, 0.3) is 0 Å². The van der Waals surface area contributed by atoms with Crippen LogP contribution < -0.4 is 5.32 Å². The van der Waals surface area contributed by atoms with Crippen LogP contribution in [0.2, 0.25) is 0 Å². The minimum Gasteiger partial charge on any atom is -0.396 e. The Labute approximate surface area is 108 Å². The van der Waals surface area contributed by atoms with Crippen LogP contribution in [0.1, 0.15) is 31.7 Å². The van der Waals surface area contributed by atoms with Crippen LogP contribution in [-0.2, 0) is 6.42 Å². The van der Waals surface area contributed by atoms with Gasteiger partial charge < -0.3 is 10.4 Å². The van der Waals surface area contributed by atoms with E-state index in [2.05, 4.69) is 12.2 Å². The Hall–Kier alpha value is -0.930. The predicted molar refractivity (Wildman–Crippen MR) is 70.9 cm³/mol. The fourth-order valence-electron chi connectivity index (χ4n) is 2.52. The zero-order valence-corrected chi connectivity index (χ0v) is 11.0. The molecule has 0 amide bonds. The van der Waals surface area contributed by atoms with Crippen molar-refractivity contribution in [3.05, 3.63) is 35.6 Å². The molecule has 100 valence electrons. The predicted octanol–water partition coefficient (Wildman–Crippen LogP) is 2.51. The van der Waals surface area contributed by atoms with Crippen molar-refractivity contribution in [2.75, 3.05) is 13.2 Å². The fraction of sp³-hybridized carbons (Fsp3) is 0.600. The highest BCUT2D eigenvalue weighted by molar-refractivity contribution is 5.18. The van der Waals surface area contributed by atoms with Gasteiger partial charge >= 0.3 is 0 Å². The van der Waals surface area contributed by atoms with Crippen LogP contribution >= 0.6 is 0 Å². The van der Waals surface area contributed by atoms with Crippen LogP contribution in [0, 0.1) is 11.2 Å². The Kier molecular flexibility index (Phi) is 4.36. The van der Waals surface area contributed by atoms with Crippen molar-refractivity contribution in [2.45, 2.75) is 38.6 Å². The van der Waals surface area contributed by atoms with E-state index in [0.29, 0.717) is 6.42 Å². The molecule has 0 aliphatic heterocycles. The van der Waals surface area contributed by atoms with Gasteiger partial charge in [0, 0.05) is 24.6 Å². The van der Waals surface area contributed by atoms with Crippen LogP contribution in [0.15, 0.2) is 24.3 Å². The SMILES string of the molecule is C[C@H](Cc1ccccc1F)NCC1(CO)CCC1. The second kappa shape index (κ2) is 5.81. The Bertz CT molecular complexity index is 384. The number of hydrogen-bond donors (Lipinski definition) is 2. The first-order chi connectivity index (χ1) is 8.65. The van der Waals surface area contributed by atoms with Crippen molar-refractivity contribution >= 4 is 0 Å². The summed E-state index contributed by atoms with van der Waals surface area (Å²) in [5, 5.41) is 12.8. The molecule has 1 aromatic rings. The minimum atomic E-state index is -0.133. The normalized spacial score (nSPS) is 19.3. The summed E-state index contributed by atoms with van der Waals surface area (Å²) in [5.41, 5.74) is 0.841. The lowest BCUT2D eigenvalue weighted by Gasteiger charge is -2.41. The second-order valence-electron chi connectivity index (χ2n) is 5.59. The monoisotopic (exact) mass is 251 g/mol. The average molecular weight is 251 g/mol. The Morgan fingerprint density at radius 1 is 1.39 bits per heavy atom. The van der Waals surface area contributed by atoms with Crippen molar-refractivity contribution < 1.29 is 9.50 Å². The first-order valence-corrected chi connectivity index (χ1v) is 6.73. The van der Waals surface area contributed by atoms with E-state index in [9.17, 15) is 9.50 Å². The van der Waals surface area contributed by atoms with Gasteiger partial charge in [0.1, 0.15) is 5.82 Å². The lowest BCUT2D eigenvalue weighted by atomic mass is 9.69. The molecule has 0 saturated heterocycles. The summed E-state index contributed by atoms with van der Waals surface area (Å²) in [4.78, 5) is 0. The zero-order valence-electron chi connectivity index (χ0n) is 11.0.